The maximum Gasteiger partial charge on any atom is 0.213 e. The molecule has 1 aromatic carbocycles. The van der Waals surface area contributed by atoms with Gasteiger partial charge in [-0.15, -0.1) is 0 Å². The van der Waals surface area contributed by atoms with Crippen LogP contribution in [0.2, 0.25) is 0 Å². The van der Waals surface area contributed by atoms with E-state index in [9.17, 15) is 9.50 Å². The van der Waals surface area contributed by atoms with Crippen molar-refractivity contribution in [2.45, 2.75) is 5.92 Å². The standard InChI is InChI=1S/C13H15FN2O2/c1-18-11-5-3-8-2-4-10(14)12(13(8)16-11)9(6-15)7-17/h2-5,9,17H,6-7,15H2,1H3. The van der Waals surface area contributed by atoms with Crippen LogP contribution >= 0.6 is 0 Å². The van der Waals surface area contributed by atoms with Gasteiger partial charge >= 0.3 is 0 Å². The van der Waals surface area contributed by atoms with Crippen molar-refractivity contribution in [1.82, 2.24) is 4.98 Å². The lowest BCUT2D eigenvalue weighted by atomic mass is 9.96. The van der Waals surface area contributed by atoms with Crippen LogP contribution in [0.4, 0.5) is 4.39 Å². The Balaban J connectivity index is 2.71. The molecule has 1 aromatic heterocycles. The monoisotopic (exact) mass is 250 g/mol. The van der Waals surface area contributed by atoms with Crippen molar-refractivity contribution < 1.29 is 14.2 Å². The summed E-state index contributed by atoms with van der Waals surface area (Å²) in [6, 6.07) is 6.52. The van der Waals surface area contributed by atoms with Gasteiger partial charge in [-0.05, 0) is 18.2 Å². The first-order chi connectivity index (χ1) is 8.71. The summed E-state index contributed by atoms with van der Waals surface area (Å²) in [7, 11) is 1.50. The minimum absolute atomic E-state index is 0.158. The second kappa shape index (κ2) is 5.29. The predicted octanol–water partition coefficient (Wildman–Crippen LogP) is 1.42. The first-order valence-electron chi connectivity index (χ1n) is 5.65. The molecule has 2 rings (SSSR count). The zero-order chi connectivity index (χ0) is 13.1. The maximum atomic E-state index is 13.9. The average molecular weight is 250 g/mol. The van der Waals surface area contributed by atoms with Gasteiger partial charge in [-0.2, -0.15) is 0 Å². The number of pyridine rings is 1. The van der Waals surface area contributed by atoms with Gasteiger partial charge in [-0.3, -0.25) is 0 Å². The van der Waals surface area contributed by atoms with Gasteiger partial charge in [-0.25, -0.2) is 9.37 Å². The Hall–Kier alpha value is -1.72. The van der Waals surface area contributed by atoms with E-state index in [1.807, 2.05) is 0 Å². The first kappa shape index (κ1) is 12.7. The number of nitrogens with two attached hydrogens (primary N) is 1. The van der Waals surface area contributed by atoms with Gasteiger partial charge in [0.05, 0.1) is 19.2 Å². The van der Waals surface area contributed by atoms with Crippen LogP contribution in [-0.2, 0) is 0 Å². The maximum absolute atomic E-state index is 13.9. The number of aliphatic hydroxyl groups excluding tert-OH is 1. The highest BCUT2D eigenvalue weighted by molar-refractivity contribution is 5.83. The largest absolute Gasteiger partial charge is 0.481 e. The summed E-state index contributed by atoms with van der Waals surface area (Å²) in [6.07, 6.45) is 0. The van der Waals surface area contributed by atoms with Crippen LogP contribution in [0.25, 0.3) is 10.9 Å². The van der Waals surface area contributed by atoms with Crippen LogP contribution in [0.3, 0.4) is 0 Å². The number of benzene rings is 1. The lowest BCUT2D eigenvalue weighted by Crippen LogP contribution is -2.18. The number of methoxy groups -OCH3 is 1. The molecule has 18 heavy (non-hydrogen) atoms. The number of aliphatic hydroxyl groups is 1. The summed E-state index contributed by atoms with van der Waals surface area (Å²) in [5.41, 5.74) is 6.39. The van der Waals surface area contributed by atoms with E-state index in [-0.39, 0.29) is 13.2 Å². The van der Waals surface area contributed by atoms with Gasteiger partial charge in [-0.1, -0.05) is 0 Å². The Morgan fingerprint density at radius 1 is 1.39 bits per heavy atom. The second-order valence-corrected chi connectivity index (χ2v) is 4.00. The average Bonchev–Trinajstić information content (AvgIpc) is 2.41. The van der Waals surface area contributed by atoms with Gasteiger partial charge in [0.1, 0.15) is 5.82 Å². The van der Waals surface area contributed by atoms with E-state index in [0.29, 0.717) is 17.0 Å². The highest BCUT2D eigenvalue weighted by Crippen LogP contribution is 2.28. The smallest absolute Gasteiger partial charge is 0.213 e. The summed E-state index contributed by atoms with van der Waals surface area (Å²) < 4.78 is 19.0. The summed E-state index contributed by atoms with van der Waals surface area (Å²) in [4.78, 5) is 4.24. The van der Waals surface area contributed by atoms with Crippen LogP contribution in [-0.4, -0.2) is 30.4 Å². The highest BCUT2D eigenvalue weighted by Gasteiger charge is 2.18. The van der Waals surface area contributed by atoms with E-state index in [0.717, 1.165) is 5.39 Å². The van der Waals surface area contributed by atoms with E-state index in [2.05, 4.69) is 4.98 Å². The number of nitrogens with zero attached hydrogens (tertiary/aromatic N) is 1. The van der Waals surface area contributed by atoms with E-state index >= 15 is 0 Å². The van der Waals surface area contributed by atoms with Crippen LogP contribution in [0.15, 0.2) is 24.3 Å². The minimum Gasteiger partial charge on any atom is -0.481 e. The molecule has 0 aliphatic heterocycles. The molecule has 4 nitrogen and oxygen atoms in total. The van der Waals surface area contributed by atoms with Gasteiger partial charge in [0.25, 0.3) is 0 Å². The van der Waals surface area contributed by atoms with E-state index in [1.165, 1.54) is 13.2 Å². The summed E-state index contributed by atoms with van der Waals surface area (Å²) in [5, 5.41) is 10.1. The van der Waals surface area contributed by atoms with E-state index in [1.54, 1.807) is 18.2 Å². The van der Waals surface area contributed by atoms with Crippen molar-refractivity contribution >= 4 is 10.9 Å². The summed E-state index contributed by atoms with van der Waals surface area (Å²) >= 11 is 0. The summed E-state index contributed by atoms with van der Waals surface area (Å²) in [6.45, 7) is -0.0587. The van der Waals surface area contributed by atoms with Crippen LogP contribution in [0, 0.1) is 5.82 Å². The molecule has 0 bridgehead atoms. The lowest BCUT2D eigenvalue weighted by Gasteiger charge is -2.15. The fraction of sp³-hybridized carbons (Fsp3) is 0.308. The molecule has 0 saturated heterocycles. The predicted molar refractivity (Wildman–Crippen MR) is 67.1 cm³/mol. The molecule has 0 radical (unpaired) electrons. The number of hydrogen-bond donors (Lipinski definition) is 2. The molecule has 2 aromatic rings. The topological polar surface area (TPSA) is 68.4 Å². The van der Waals surface area contributed by atoms with Crippen molar-refractivity contribution in [2.24, 2.45) is 5.73 Å². The van der Waals surface area contributed by atoms with Gasteiger partial charge in [0.2, 0.25) is 5.88 Å². The number of rotatable bonds is 4. The number of hydrogen-bond acceptors (Lipinski definition) is 4. The van der Waals surface area contributed by atoms with Crippen molar-refractivity contribution in [1.29, 1.82) is 0 Å². The Morgan fingerprint density at radius 2 is 2.11 bits per heavy atom. The second-order valence-electron chi connectivity index (χ2n) is 4.00. The SMILES string of the molecule is COc1ccc2ccc(F)c(C(CN)CO)c2n1. The lowest BCUT2D eigenvalue weighted by molar-refractivity contribution is 0.266. The third-order valence-corrected chi connectivity index (χ3v) is 2.94. The zero-order valence-electron chi connectivity index (χ0n) is 10.1. The molecule has 1 unspecified atom stereocenters. The van der Waals surface area contributed by atoms with Gasteiger partial charge in [0, 0.05) is 29.5 Å². The third kappa shape index (κ3) is 2.14. The van der Waals surface area contributed by atoms with E-state index in [4.69, 9.17) is 10.5 Å². The molecule has 1 heterocycles. The van der Waals surface area contributed by atoms with Gasteiger partial charge < -0.3 is 15.6 Å². The van der Waals surface area contributed by atoms with Crippen LogP contribution in [0.1, 0.15) is 11.5 Å². The molecular weight excluding hydrogens is 235 g/mol. The van der Waals surface area contributed by atoms with Crippen molar-refractivity contribution in [3.05, 3.63) is 35.6 Å². The summed E-state index contributed by atoms with van der Waals surface area (Å²) in [5.74, 6) is -0.468. The first-order valence-corrected chi connectivity index (χ1v) is 5.65. The molecule has 96 valence electrons. The number of halogens is 1. The van der Waals surface area contributed by atoms with Crippen LogP contribution < -0.4 is 10.5 Å². The molecule has 0 aliphatic rings. The molecule has 5 heteroatoms. The minimum atomic E-state index is -0.465. The molecule has 3 N–H and O–H groups in total. The van der Waals surface area contributed by atoms with Crippen molar-refractivity contribution in [3.8, 4) is 5.88 Å². The molecule has 0 spiro atoms. The fourth-order valence-electron chi connectivity index (χ4n) is 1.95. The molecule has 0 amide bonds. The van der Waals surface area contributed by atoms with Crippen LogP contribution in [0.5, 0.6) is 5.88 Å². The highest BCUT2D eigenvalue weighted by atomic mass is 19.1. The Bertz CT molecular complexity index is 556. The van der Waals surface area contributed by atoms with Gasteiger partial charge in [0.15, 0.2) is 0 Å². The molecule has 0 saturated carbocycles. The molecule has 0 aliphatic carbocycles. The Kier molecular flexibility index (Phi) is 3.74. The quantitative estimate of drug-likeness (QED) is 0.861. The molecule has 1 atom stereocenters. The fourth-order valence-corrected chi connectivity index (χ4v) is 1.95. The molecular formula is C13H15FN2O2. The Labute approximate surface area is 104 Å². The third-order valence-electron chi connectivity index (χ3n) is 2.94. The number of ether oxygens (including phenoxy) is 1. The molecule has 0 fully saturated rings. The van der Waals surface area contributed by atoms with Crippen molar-refractivity contribution in [2.75, 3.05) is 20.3 Å². The zero-order valence-corrected chi connectivity index (χ0v) is 10.1. The Morgan fingerprint density at radius 3 is 2.72 bits per heavy atom. The van der Waals surface area contributed by atoms with Crippen molar-refractivity contribution in [3.63, 3.8) is 0 Å². The van der Waals surface area contributed by atoms with E-state index < -0.39 is 11.7 Å². The number of aromatic nitrogens is 1. The number of fused-ring (bicyclic) bond motifs is 1. The normalized spacial score (nSPS) is 12.7.